The summed E-state index contributed by atoms with van der Waals surface area (Å²) in [4.78, 5) is 20.6. The van der Waals surface area contributed by atoms with Gasteiger partial charge in [-0.25, -0.2) is 14.5 Å². The molecule has 0 fully saturated rings. The summed E-state index contributed by atoms with van der Waals surface area (Å²) in [7, 11) is 1.66. The molecule has 0 spiro atoms. The molecule has 1 unspecified atom stereocenters. The third kappa shape index (κ3) is 4.17. The minimum absolute atomic E-state index is 0.158. The fourth-order valence-electron chi connectivity index (χ4n) is 2.16. The van der Waals surface area contributed by atoms with Crippen molar-refractivity contribution in [2.45, 2.75) is 6.10 Å². The number of aryl methyl sites for hydroxylation is 1. The van der Waals surface area contributed by atoms with E-state index in [9.17, 15) is 4.79 Å². The van der Waals surface area contributed by atoms with Crippen molar-refractivity contribution in [1.29, 1.82) is 0 Å². The lowest BCUT2D eigenvalue weighted by atomic mass is 10.2. The quantitative estimate of drug-likeness (QED) is 0.511. The average Bonchev–Trinajstić information content (AvgIpc) is 3.05. The maximum absolute atomic E-state index is 10.8. The van der Waals surface area contributed by atoms with E-state index in [1.807, 2.05) is 30.3 Å². The number of pyridine rings is 1. The number of amides is 1. The number of carboxylic acid groups (broad SMARTS) is 1. The van der Waals surface area contributed by atoms with Crippen LogP contribution in [0.5, 0.6) is 0 Å². The molecule has 2 N–H and O–H groups in total. The number of aromatic nitrogens is 5. The first-order valence-corrected chi connectivity index (χ1v) is 7.57. The molecule has 0 aliphatic rings. The predicted molar refractivity (Wildman–Crippen MR) is 91.6 cm³/mol. The predicted octanol–water partition coefficient (Wildman–Crippen LogP) is 1.84. The van der Waals surface area contributed by atoms with Gasteiger partial charge in [0, 0.05) is 7.05 Å². The van der Waals surface area contributed by atoms with E-state index in [2.05, 4.69) is 31.0 Å². The number of benzene rings is 1. The molecule has 0 saturated heterocycles. The molecule has 2 aromatic heterocycles. The van der Waals surface area contributed by atoms with E-state index in [1.54, 1.807) is 25.4 Å². The van der Waals surface area contributed by atoms with Crippen molar-refractivity contribution >= 4 is 18.1 Å². The molecule has 3 rings (SSSR count). The van der Waals surface area contributed by atoms with Gasteiger partial charge in [0.1, 0.15) is 5.82 Å². The molecule has 1 aromatic carbocycles. The van der Waals surface area contributed by atoms with Crippen LogP contribution in [0.2, 0.25) is 0 Å². The molecule has 1 atom stereocenters. The number of tetrazole rings is 1. The maximum atomic E-state index is 10.8. The van der Waals surface area contributed by atoms with Crippen LogP contribution >= 0.6 is 0 Å². The van der Waals surface area contributed by atoms with Gasteiger partial charge in [-0.05, 0) is 28.1 Å². The maximum Gasteiger partial charge on any atom is 0.410 e. The van der Waals surface area contributed by atoms with Crippen LogP contribution in [-0.2, 0) is 11.9 Å². The molecule has 1 amide bonds. The molecular weight excluding hydrogens is 338 g/mol. The first kappa shape index (κ1) is 17.0. The number of nitrogens with zero attached hydrogens (tertiary/aromatic N) is 6. The lowest BCUT2D eigenvalue weighted by molar-refractivity contribution is 0.0768. The van der Waals surface area contributed by atoms with Crippen LogP contribution in [0.1, 0.15) is 23.2 Å². The van der Waals surface area contributed by atoms with Gasteiger partial charge in [-0.2, -0.15) is 0 Å². The molecule has 10 nitrogen and oxygen atoms in total. The highest BCUT2D eigenvalue weighted by atomic mass is 16.6. The van der Waals surface area contributed by atoms with Crippen LogP contribution < -0.4 is 5.32 Å². The Morgan fingerprint density at radius 3 is 2.77 bits per heavy atom. The van der Waals surface area contributed by atoms with Gasteiger partial charge in [-0.15, -0.1) is 5.10 Å². The summed E-state index contributed by atoms with van der Waals surface area (Å²) >= 11 is 0. The summed E-state index contributed by atoms with van der Waals surface area (Å²) in [5.41, 5.74) is 1.26. The van der Waals surface area contributed by atoms with Crippen molar-refractivity contribution in [2.24, 2.45) is 12.2 Å². The van der Waals surface area contributed by atoms with Crippen LogP contribution in [0.15, 0.2) is 53.7 Å². The highest BCUT2D eigenvalue weighted by molar-refractivity contribution is 5.81. The van der Waals surface area contributed by atoms with E-state index < -0.39 is 12.2 Å². The Labute approximate surface area is 148 Å². The van der Waals surface area contributed by atoms with Gasteiger partial charge in [0.15, 0.2) is 0 Å². The van der Waals surface area contributed by atoms with Gasteiger partial charge < -0.3 is 9.94 Å². The first-order chi connectivity index (χ1) is 12.6. The van der Waals surface area contributed by atoms with Gasteiger partial charge in [-0.1, -0.05) is 41.6 Å². The number of carbonyl (C=O) groups is 1. The molecular formula is C16H15N7O3. The summed E-state index contributed by atoms with van der Waals surface area (Å²) in [6.07, 6.45) is -0.476. The van der Waals surface area contributed by atoms with Crippen LogP contribution in [0.25, 0.3) is 0 Å². The molecule has 0 aliphatic carbocycles. The van der Waals surface area contributed by atoms with Crippen molar-refractivity contribution in [2.75, 3.05) is 5.32 Å². The second-order valence-electron chi connectivity index (χ2n) is 5.17. The largest absolute Gasteiger partial charge is 0.465 e. The van der Waals surface area contributed by atoms with Crippen LogP contribution in [0.4, 0.5) is 10.6 Å². The topological polar surface area (TPSA) is 127 Å². The Balaban J connectivity index is 1.88. The molecule has 0 aliphatic heterocycles. The Kier molecular flexibility index (Phi) is 5.13. The lowest BCUT2D eigenvalue weighted by Gasteiger charge is -2.13. The number of oxime groups is 1. The zero-order valence-electron chi connectivity index (χ0n) is 13.7. The zero-order valence-corrected chi connectivity index (χ0v) is 13.7. The Morgan fingerprint density at radius 1 is 1.27 bits per heavy atom. The molecule has 3 aromatic rings. The van der Waals surface area contributed by atoms with Crippen LogP contribution in [-0.4, -0.2) is 42.6 Å². The van der Waals surface area contributed by atoms with E-state index in [0.717, 1.165) is 5.56 Å². The number of anilines is 1. The van der Waals surface area contributed by atoms with E-state index >= 15 is 0 Å². The van der Waals surface area contributed by atoms with E-state index in [-0.39, 0.29) is 5.82 Å². The first-order valence-electron chi connectivity index (χ1n) is 7.57. The fraction of sp³-hybridized carbons (Fsp3) is 0.125. The smallest absolute Gasteiger partial charge is 0.410 e. The second kappa shape index (κ2) is 7.83. The third-order valence-electron chi connectivity index (χ3n) is 3.33. The minimum Gasteiger partial charge on any atom is -0.465 e. The van der Waals surface area contributed by atoms with Crippen molar-refractivity contribution in [3.8, 4) is 0 Å². The molecule has 2 heterocycles. The number of rotatable bonds is 6. The van der Waals surface area contributed by atoms with Gasteiger partial charge in [0.05, 0.1) is 11.9 Å². The molecule has 0 radical (unpaired) electrons. The van der Waals surface area contributed by atoms with E-state index in [0.29, 0.717) is 11.5 Å². The van der Waals surface area contributed by atoms with Crippen molar-refractivity contribution in [3.05, 3.63) is 65.6 Å². The zero-order chi connectivity index (χ0) is 18.4. The van der Waals surface area contributed by atoms with Gasteiger partial charge >= 0.3 is 6.09 Å². The van der Waals surface area contributed by atoms with Crippen molar-refractivity contribution in [1.82, 2.24) is 25.2 Å². The number of nitrogens with one attached hydrogen (secondary N) is 1. The molecule has 10 heteroatoms. The summed E-state index contributed by atoms with van der Waals surface area (Å²) in [6, 6.07) is 14.3. The van der Waals surface area contributed by atoms with Crippen LogP contribution in [0.3, 0.4) is 0 Å². The molecule has 26 heavy (non-hydrogen) atoms. The van der Waals surface area contributed by atoms with E-state index in [4.69, 9.17) is 9.94 Å². The Morgan fingerprint density at radius 2 is 2.08 bits per heavy atom. The van der Waals surface area contributed by atoms with Crippen molar-refractivity contribution in [3.63, 3.8) is 0 Å². The molecule has 132 valence electrons. The highest BCUT2D eigenvalue weighted by Crippen LogP contribution is 2.23. The van der Waals surface area contributed by atoms with Gasteiger partial charge in [0.25, 0.3) is 0 Å². The fourth-order valence-corrected chi connectivity index (χ4v) is 2.16. The minimum atomic E-state index is -1.21. The van der Waals surface area contributed by atoms with Crippen molar-refractivity contribution < 1.29 is 14.7 Å². The molecule has 0 bridgehead atoms. The number of hydrogen-bond acceptors (Lipinski definition) is 7. The molecule has 0 saturated carbocycles. The highest BCUT2D eigenvalue weighted by Gasteiger charge is 2.24. The summed E-state index contributed by atoms with van der Waals surface area (Å²) in [5, 5.41) is 26.4. The Hall–Kier alpha value is -3.82. The average molecular weight is 353 g/mol. The summed E-state index contributed by atoms with van der Waals surface area (Å²) in [6.45, 7) is 0. The SMILES string of the molecule is Cn1nnnc1C(O/N=C\c1ccccc1)c1cccc(NC(=O)O)n1. The second-order valence-corrected chi connectivity index (χ2v) is 5.17. The standard InChI is InChI=1S/C16H15N7O3/c1-23-15(20-21-22-23)14(26-17-10-11-6-3-2-4-7-11)12-8-5-9-13(18-12)19-16(24)25/h2-10,14H,1H3,(H,18,19)(H,24,25)/b17-10-. The lowest BCUT2D eigenvalue weighted by Crippen LogP contribution is -2.14. The third-order valence-corrected chi connectivity index (χ3v) is 3.33. The van der Waals surface area contributed by atoms with Gasteiger partial charge in [0.2, 0.25) is 11.9 Å². The normalized spacial score (nSPS) is 12.0. The Bertz CT molecular complexity index is 911. The summed E-state index contributed by atoms with van der Waals surface area (Å²) in [5.74, 6) is 0.529. The number of hydrogen-bond donors (Lipinski definition) is 2. The monoisotopic (exact) mass is 353 g/mol. The van der Waals surface area contributed by atoms with Crippen LogP contribution in [0, 0.1) is 0 Å². The summed E-state index contributed by atoms with van der Waals surface area (Å²) < 4.78 is 1.43. The van der Waals surface area contributed by atoms with E-state index in [1.165, 1.54) is 10.7 Å². The van der Waals surface area contributed by atoms with Gasteiger partial charge in [-0.3, -0.25) is 5.32 Å².